The Labute approximate surface area is 153 Å². The molecule has 0 saturated carbocycles. The first kappa shape index (κ1) is 17.3. The number of primary amides is 1. The number of nitrogens with zero attached hydrogens (tertiary/aromatic N) is 4. The van der Waals surface area contributed by atoms with E-state index >= 15 is 0 Å². The van der Waals surface area contributed by atoms with Crippen molar-refractivity contribution in [3.8, 4) is 0 Å². The monoisotopic (exact) mass is 373 g/mol. The number of benzene rings is 1. The number of β-amino-alcohol motifs (C(OH)–C–C–N with tert-alkyl or cyclic N) is 1. The van der Waals surface area contributed by atoms with Gasteiger partial charge in [0.25, 0.3) is 5.91 Å². The second-order valence-corrected chi connectivity index (χ2v) is 6.60. The molecule has 0 unspecified atom stereocenters. The van der Waals surface area contributed by atoms with Crippen LogP contribution < -0.4 is 10.6 Å². The van der Waals surface area contributed by atoms with Crippen molar-refractivity contribution >= 4 is 17.4 Å². The Morgan fingerprint density at radius 2 is 2.11 bits per heavy atom. The summed E-state index contributed by atoms with van der Waals surface area (Å²) < 4.78 is 29.4. The molecule has 3 N–H and O–H groups in total. The van der Waals surface area contributed by atoms with Crippen LogP contribution in [0.5, 0.6) is 0 Å². The number of carbonyl (C=O) groups excluding carboxylic acids is 1. The number of fused-ring (bicyclic) bond motifs is 1. The zero-order chi connectivity index (χ0) is 19.3. The molecule has 2 atom stereocenters. The number of hydrogen-bond donors (Lipinski definition) is 2. The van der Waals surface area contributed by atoms with Gasteiger partial charge in [-0.2, -0.15) is 5.10 Å². The highest BCUT2D eigenvalue weighted by atomic mass is 19.1. The van der Waals surface area contributed by atoms with E-state index in [1.807, 2.05) is 0 Å². The van der Waals surface area contributed by atoms with Gasteiger partial charge in [0.1, 0.15) is 23.0 Å². The average Bonchev–Trinajstić information content (AvgIpc) is 3.15. The minimum Gasteiger partial charge on any atom is -0.391 e. The quantitative estimate of drug-likeness (QED) is 0.729. The fourth-order valence-corrected chi connectivity index (χ4v) is 3.61. The molecule has 140 valence electrons. The lowest BCUT2D eigenvalue weighted by molar-refractivity contribution is 0.100. The first-order chi connectivity index (χ1) is 12.8. The van der Waals surface area contributed by atoms with Crippen LogP contribution in [0.3, 0.4) is 0 Å². The van der Waals surface area contributed by atoms with E-state index in [0.29, 0.717) is 11.5 Å². The van der Waals surface area contributed by atoms with Crippen molar-refractivity contribution in [2.24, 2.45) is 5.73 Å². The number of aromatic nitrogens is 3. The normalized spacial score (nSPS) is 19.8. The number of nitrogens with two attached hydrogens (primary N) is 1. The Bertz CT molecular complexity index is 1050. The van der Waals surface area contributed by atoms with Crippen molar-refractivity contribution in [3.63, 3.8) is 0 Å². The van der Waals surface area contributed by atoms with Gasteiger partial charge < -0.3 is 15.7 Å². The lowest BCUT2D eigenvalue weighted by Gasteiger charge is -2.26. The van der Waals surface area contributed by atoms with Gasteiger partial charge >= 0.3 is 0 Å². The Balaban J connectivity index is 1.82. The number of amides is 1. The van der Waals surface area contributed by atoms with Crippen molar-refractivity contribution in [1.82, 2.24) is 14.6 Å². The molecule has 3 aromatic rings. The minimum atomic E-state index is -0.724. The maximum Gasteiger partial charge on any atom is 0.254 e. The van der Waals surface area contributed by atoms with E-state index in [1.54, 1.807) is 24.1 Å². The molecule has 1 aromatic carbocycles. The number of hydrogen-bond acceptors (Lipinski definition) is 5. The fraction of sp³-hybridized carbons (Fsp3) is 0.278. The molecule has 0 radical (unpaired) electrons. The number of anilines is 1. The van der Waals surface area contributed by atoms with Crippen LogP contribution >= 0.6 is 0 Å². The largest absolute Gasteiger partial charge is 0.391 e. The summed E-state index contributed by atoms with van der Waals surface area (Å²) in [6.45, 7) is 1.85. The van der Waals surface area contributed by atoms with Crippen molar-refractivity contribution in [2.45, 2.75) is 25.5 Å². The lowest BCUT2D eigenvalue weighted by Crippen LogP contribution is -2.26. The highest BCUT2D eigenvalue weighted by Crippen LogP contribution is 2.37. The van der Waals surface area contributed by atoms with E-state index < -0.39 is 29.7 Å². The molecule has 0 spiro atoms. The van der Waals surface area contributed by atoms with Gasteiger partial charge in [0.2, 0.25) is 0 Å². The highest BCUT2D eigenvalue weighted by molar-refractivity contribution is 6.00. The van der Waals surface area contributed by atoms with Gasteiger partial charge in [-0.3, -0.25) is 4.79 Å². The van der Waals surface area contributed by atoms with Crippen molar-refractivity contribution in [3.05, 3.63) is 58.9 Å². The number of halogens is 2. The Hall–Kier alpha value is -3.07. The van der Waals surface area contributed by atoms with Crippen LogP contribution in [0.4, 0.5) is 14.6 Å². The van der Waals surface area contributed by atoms with Crippen LogP contribution in [0.2, 0.25) is 0 Å². The third kappa shape index (κ3) is 2.89. The standard InChI is InChI=1S/C18H17F2N5O2/c1-9-16(17(21)27)18-22-15(4-5-25(18)23-9)24-8-11(26)7-14(24)12-6-10(19)2-3-13(12)20/h2-6,11,14,26H,7-8H2,1H3,(H2,21,27)/t11-,14+/m0/s1. The van der Waals surface area contributed by atoms with E-state index in [1.165, 1.54) is 4.52 Å². The van der Waals surface area contributed by atoms with E-state index in [-0.39, 0.29) is 29.7 Å². The average molecular weight is 373 g/mol. The van der Waals surface area contributed by atoms with Gasteiger partial charge in [-0.15, -0.1) is 0 Å². The molecule has 4 rings (SSSR count). The highest BCUT2D eigenvalue weighted by Gasteiger charge is 2.35. The van der Waals surface area contributed by atoms with Gasteiger partial charge in [0, 0.05) is 18.3 Å². The Morgan fingerprint density at radius 1 is 1.33 bits per heavy atom. The maximum atomic E-state index is 14.3. The first-order valence-corrected chi connectivity index (χ1v) is 8.40. The number of aliphatic hydroxyl groups excluding tert-OH is 1. The predicted octanol–water partition coefficient (Wildman–Crippen LogP) is 1.73. The molecular weight excluding hydrogens is 356 g/mol. The van der Waals surface area contributed by atoms with Crippen LogP contribution in [0, 0.1) is 18.6 Å². The number of aliphatic hydroxyl groups is 1. The van der Waals surface area contributed by atoms with Crippen LogP contribution in [0.1, 0.15) is 34.1 Å². The molecule has 1 aliphatic rings. The summed E-state index contributed by atoms with van der Waals surface area (Å²) in [5, 5.41) is 14.3. The van der Waals surface area contributed by atoms with E-state index in [2.05, 4.69) is 10.1 Å². The van der Waals surface area contributed by atoms with E-state index in [9.17, 15) is 18.7 Å². The molecule has 9 heteroatoms. The lowest BCUT2D eigenvalue weighted by atomic mass is 10.0. The second kappa shape index (κ2) is 6.27. The molecule has 2 aromatic heterocycles. The van der Waals surface area contributed by atoms with E-state index in [4.69, 9.17) is 5.73 Å². The fourth-order valence-electron chi connectivity index (χ4n) is 3.61. The van der Waals surface area contributed by atoms with Crippen LogP contribution in [-0.2, 0) is 0 Å². The first-order valence-electron chi connectivity index (χ1n) is 8.40. The SMILES string of the molecule is Cc1nn2ccc(N3C[C@@H](O)C[C@@H]3c3cc(F)ccc3F)nc2c1C(N)=O. The van der Waals surface area contributed by atoms with E-state index in [0.717, 1.165) is 18.2 Å². The van der Waals surface area contributed by atoms with Crippen molar-refractivity contribution in [2.75, 3.05) is 11.4 Å². The zero-order valence-corrected chi connectivity index (χ0v) is 14.4. The summed E-state index contributed by atoms with van der Waals surface area (Å²) in [7, 11) is 0. The zero-order valence-electron chi connectivity index (χ0n) is 14.4. The summed E-state index contributed by atoms with van der Waals surface area (Å²) in [6.07, 6.45) is 1.12. The summed E-state index contributed by atoms with van der Waals surface area (Å²) in [5.41, 5.74) is 6.49. The van der Waals surface area contributed by atoms with Crippen molar-refractivity contribution < 1.29 is 18.7 Å². The van der Waals surface area contributed by atoms with Crippen LogP contribution in [0.25, 0.3) is 5.65 Å². The van der Waals surface area contributed by atoms with Crippen LogP contribution in [-0.4, -0.2) is 38.3 Å². The molecule has 7 nitrogen and oxygen atoms in total. The smallest absolute Gasteiger partial charge is 0.254 e. The van der Waals surface area contributed by atoms with Crippen molar-refractivity contribution in [1.29, 1.82) is 0 Å². The molecule has 27 heavy (non-hydrogen) atoms. The maximum absolute atomic E-state index is 14.3. The van der Waals surface area contributed by atoms with Gasteiger partial charge in [-0.1, -0.05) is 0 Å². The number of aryl methyl sites for hydroxylation is 1. The topological polar surface area (TPSA) is 96.8 Å². The summed E-state index contributed by atoms with van der Waals surface area (Å²) in [6, 6.07) is 4.29. The third-order valence-electron chi connectivity index (χ3n) is 4.78. The molecule has 3 heterocycles. The van der Waals surface area contributed by atoms with Gasteiger partial charge in [0.15, 0.2) is 5.65 Å². The van der Waals surface area contributed by atoms with Gasteiger partial charge in [-0.05, 0) is 37.6 Å². The molecule has 1 amide bonds. The molecule has 1 aliphatic heterocycles. The molecule has 0 aliphatic carbocycles. The second-order valence-electron chi connectivity index (χ2n) is 6.60. The van der Waals surface area contributed by atoms with Crippen LogP contribution in [0.15, 0.2) is 30.5 Å². The predicted molar refractivity (Wildman–Crippen MR) is 93.3 cm³/mol. The number of carbonyl (C=O) groups is 1. The van der Waals surface area contributed by atoms with Gasteiger partial charge in [-0.25, -0.2) is 18.3 Å². The third-order valence-corrected chi connectivity index (χ3v) is 4.78. The Morgan fingerprint density at radius 3 is 2.85 bits per heavy atom. The molecule has 1 saturated heterocycles. The minimum absolute atomic E-state index is 0.146. The number of rotatable bonds is 3. The molecule has 1 fully saturated rings. The molecule has 0 bridgehead atoms. The summed E-state index contributed by atoms with van der Waals surface area (Å²) in [5.74, 6) is -1.35. The molecular formula is C18H17F2N5O2. The van der Waals surface area contributed by atoms with Gasteiger partial charge in [0.05, 0.1) is 17.8 Å². The summed E-state index contributed by atoms with van der Waals surface area (Å²) in [4.78, 5) is 17.9. The summed E-state index contributed by atoms with van der Waals surface area (Å²) >= 11 is 0. The Kier molecular flexibility index (Phi) is 4.03.